The van der Waals surface area contributed by atoms with Gasteiger partial charge in [-0.1, -0.05) is 0 Å². The highest BCUT2D eigenvalue weighted by molar-refractivity contribution is 9.10. The summed E-state index contributed by atoms with van der Waals surface area (Å²) >= 11 is 3.14. The molecule has 0 saturated carbocycles. The molecular formula is C18H6BrF5N4O. The van der Waals surface area contributed by atoms with E-state index in [1.165, 1.54) is 24.3 Å². The number of nitrogens with one attached hydrogen (secondary N) is 1. The van der Waals surface area contributed by atoms with Gasteiger partial charge in [-0.2, -0.15) is 29.0 Å². The number of hydrogen-bond acceptors (Lipinski definition) is 5. The van der Waals surface area contributed by atoms with Gasteiger partial charge in [0.1, 0.15) is 29.7 Å². The van der Waals surface area contributed by atoms with Crippen LogP contribution in [0.1, 0.15) is 5.56 Å². The first-order valence-corrected chi connectivity index (χ1v) is 8.15. The molecule has 2 aromatic carbocycles. The van der Waals surface area contributed by atoms with E-state index in [4.69, 9.17) is 20.5 Å². The summed E-state index contributed by atoms with van der Waals surface area (Å²) in [4.78, 5) is 0. The van der Waals surface area contributed by atoms with Gasteiger partial charge >= 0.3 is 6.18 Å². The molecule has 0 aliphatic carbocycles. The van der Waals surface area contributed by atoms with Gasteiger partial charge in [0.15, 0.2) is 23.0 Å². The molecule has 0 aliphatic rings. The van der Waals surface area contributed by atoms with Gasteiger partial charge in [0.2, 0.25) is 0 Å². The van der Waals surface area contributed by atoms with E-state index in [-0.39, 0.29) is 29.3 Å². The van der Waals surface area contributed by atoms with Crippen LogP contribution >= 0.6 is 15.9 Å². The molecular weight excluding hydrogens is 463 g/mol. The Morgan fingerprint density at radius 3 is 2.03 bits per heavy atom. The van der Waals surface area contributed by atoms with E-state index in [1.54, 1.807) is 6.07 Å². The lowest BCUT2D eigenvalue weighted by molar-refractivity contribution is -0.138. The highest BCUT2D eigenvalue weighted by Crippen LogP contribution is 2.37. The molecule has 146 valence electrons. The maximum Gasteiger partial charge on any atom is 0.416 e. The monoisotopic (exact) mass is 468 g/mol. The highest BCUT2D eigenvalue weighted by Gasteiger charge is 2.33. The number of hydrogen-bond donors (Lipinski definition) is 1. The van der Waals surface area contributed by atoms with Crippen molar-refractivity contribution in [2.24, 2.45) is 0 Å². The minimum absolute atomic E-state index is 0.0924. The Labute approximate surface area is 169 Å². The normalized spacial score (nSPS) is 10.3. The van der Waals surface area contributed by atoms with Gasteiger partial charge in [-0.3, -0.25) is 0 Å². The second-order valence-corrected chi connectivity index (χ2v) is 6.08. The molecule has 2 aromatic rings. The van der Waals surface area contributed by atoms with Crippen molar-refractivity contribution in [3.63, 3.8) is 0 Å². The van der Waals surface area contributed by atoms with Crippen LogP contribution in [0, 0.1) is 45.6 Å². The molecule has 0 spiro atoms. The molecule has 0 unspecified atom stereocenters. The van der Waals surface area contributed by atoms with E-state index in [9.17, 15) is 22.0 Å². The summed E-state index contributed by atoms with van der Waals surface area (Å²) in [6.07, 6.45) is -4.94. The van der Waals surface area contributed by atoms with Gasteiger partial charge in [0, 0.05) is 10.5 Å². The lowest BCUT2D eigenvalue weighted by Crippen LogP contribution is -2.07. The molecule has 0 aliphatic heterocycles. The SMILES string of the molecule is N#CC(C#N)=C(C#N)Nc1cc(Oc2c(F)cc(C(F)(F)F)cc2F)ccc1Br. The third-order valence-corrected chi connectivity index (χ3v) is 4.02. The maximum atomic E-state index is 14.0. The Balaban J connectivity index is 2.42. The van der Waals surface area contributed by atoms with Crippen molar-refractivity contribution in [1.29, 1.82) is 15.8 Å². The molecule has 0 fully saturated rings. The van der Waals surface area contributed by atoms with Crippen LogP contribution in [0.15, 0.2) is 46.1 Å². The lowest BCUT2D eigenvalue weighted by Gasteiger charge is -2.13. The van der Waals surface area contributed by atoms with E-state index in [0.717, 1.165) is 6.07 Å². The number of benzene rings is 2. The largest absolute Gasteiger partial charge is 0.451 e. The second-order valence-electron chi connectivity index (χ2n) is 5.22. The number of halogens is 6. The fourth-order valence-corrected chi connectivity index (χ4v) is 2.37. The topological polar surface area (TPSA) is 92.6 Å². The van der Waals surface area contributed by atoms with Crippen molar-refractivity contribution in [2.45, 2.75) is 6.18 Å². The van der Waals surface area contributed by atoms with Gasteiger partial charge in [-0.25, -0.2) is 8.78 Å². The number of nitrogens with zero attached hydrogens (tertiary/aromatic N) is 3. The average Bonchev–Trinajstić information content (AvgIpc) is 2.66. The molecule has 0 saturated heterocycles. The van der Waals surface area contributed by atoms with Crippen molar-refractivity contribution in [3.05, 3.63) is 63.3 Å². The van der Waals surface area contributed by atoms with Crippen molar-refractivity contribution >= 4 is 21.6 Å². The molecule has 0 bridgehead atoms. The molecule has 0 heterocycles. The van der Waals surface area contributed by atoms with Gasteiger partial charge in [-0.05, 0) is 40.2 Å². The smallest absolute Gasteiger partial charge is 0.416 e. The van der Waals surface area contributed by atoms with Crippen LogP contribution in [0.4, 0.5) is 27.6 Å². The summed E-state index contributed by atoms with van der Waals surface area (Å²) < 4.78 is 71.1. The molecule has 1 N–H and O–H groups in total. The molecule has 0 radical (unpaired) electrons. The Bertz CT molecular complexity index is 1080. The Hall–Kier alpha value is -3.62. The fourth-order valence-electron chi connectivity index (χ4n) is 2.02. The number of rotatable bonds is 4. The Kier molecular flexibility index (Phi) is 6.42. The first kappa shape index (κ1) is 21.7. The van der Waals surface area contributed by atoms with Crippen molar-refractivity contribution < 1.29 is 26.7 Å². The zero-order valence-electron chi connectivity index (χ0n) is 13.9. The van der Waals surface area contributed by atoms with E-state index < -0.39 is 34.7 Å². The summed E-state index contributed by atoms with van der Waals surface area (Å²) in [5.74, 6) is -4.38. The van der Waals surface area contributed by atoms with Gasteiger partial charge < -0.3 is 10.1 Å². The van der Waals surface area contributed by atoms with Crippen LogP contribution in [-0.2, 0) is 6.18 Å². The fraction of sp³-hybridized carbons (Fsp3) is 0.0556. The van der Waals surface area contributed by atoms with E-state index in [0.29, 0.717) is 4.47 Å². The minimum atomic E-state index is -4.94. The highest BCUT2D eigenvalue weighted by atomic mass is 79.9. The van der Waals surface area contributed by atoms with E-state index in [2.05, 4.69) is 21.2 Å². The molecule has 11 heteroatoms. The van der Waals surface area contributed by atoms with Crippen molar-refractivity contribution in [3.8, 4) is 29.7 Å². The Morgan fingerprint density at radius 1 is 0.966 bits per heavy atom. The number of alkyl halides is 3. The van der Waals surface area contributed by atoms with Gasteiger partial charge in [-0.15, -0.1) is 0 Å². The molecule has 0 amide bonds. The summed E-state index contributed by atoms with van der Waals surface area (Å²) in [6, 6.07) is 8.62. The van der Waals surface area contributed by atoms with Crippen molar-refractivity contribution in [1.82, 2.24) is 0 Å². The van der Waals surface area contributed by atoms with Crippen LogP contribution in [-0.4, -0.2) is 0 Å². The first-order chi connectivity index (χ1) is 13.6. The number of anilines is 1. The number of allylic oxidation sites excluding steroid dienone is 2. The maximum absolute atomic E-state index is 14.0. The first-order valence-electron chi connectivity index (χ1n) is 7.36. The predicted octanol–water partition coefficient (Wildman–Crippen LogP) is 5.78. The number of ether oxygens (including phenoxy) is 1. The van der Waals surface area contributed by atoms with E-state index in [1.807, 2.05) is 0 Å². The quantitative estimate of drug-likeness (QED) is 0.453. The molecule has 2 rings (SSSR count). The van der Waals surface area contributed by atoms with Crippen LogP contribution in [0.5, 0.6) is 11.5 Å². The molecule has 5 nitrogen and oxygen atoms in total. The summed E-state index contributed by atoms with van der Waals surface area (Å²) in [5.41, 5.74) is -2.32. The predicted molar refractivity (Wildman–Crippen MR) is 93.1 cm³/mol. The van der Waals surface area contributed by atoms with Gasteiger partial charge in [0.25, 0.3) is 0 Å². The number of nitriles is 3. The summed E-state index contributed by atoms with van der Waals surface area (Å²) in [6.45, 7) is 0. The van der Waals surface area contributed by atoms with Crippen LogP contribution in [0.2, 0.25) is 0 Å². The average molecular weight is 469 g/mol. The lowest BCUT2D eigenvalue weighted by atomic mass is 10.2. The van der Waals surface area contributed by atoms with Gasteiger partial charge in [0.05, 0.1) is 11.3 Å². The molecule has 29 heavy (non-hydrogen) atoms. The summed E-state index contributed by atoms with van der Waals surface area (Å²) in [5, 5.41) is 29.3. The second kappa shape index (κ2) is 8.59. The minimum Gasteiger partial charge on any atom is -0.451 e. The summed E-state index contributed by atoms with van der Waals surface area (Å²) in [7, 11) is 0. The van der Waals surface area contributed by atoms with Crippen LogP contribution < -0.4 is 10.1 Å². The van der Waals surface area contributed by atoms with Crippen LogP contribution in [0.3, 0.4) is 0 Å². The van der Waals surface area contributed by atoms with Crippen molar-refractivity contribution in [2.75, 3.05) is 5.32 Å². The van der Waals surface area contributed by atoms with Crippen LogP contribution in [0.25, 0.3) is 0 Å². The third kappa shape index (κ3) is 5.01. The standard InChI is InChI=1S/C18H6BrF5N4O/c19-12-2-1-11(5-15(12)28-16(8-27)9(6-25)7-26)29-17-13(20)3-10(4-14(17)21)18(22,23)24/h1-5,28H. The Morgan fingerprint density at radius 2 is 1.55 bits per heavy atom. The van der Waals surface area contributed by atoms with E-state index >= 15 is 0 Å². The molecule has 0 atom stereocenters. The zero-order valence-corrected chi connectivity index (χ0v) is 15.5. The zero-order chi connectivity index (χ0) is 21.8. The third-order valence-electron chi connectivity index (χ3n) is 3.33. The molecule has 0 aromatic heterocycles.